The molecule has 0 saturated heterocycles. The molecule has 3 aliphatic rings. The molecule has 2 fully saturated rings. The Morgan fingerprint density at radius 1 is 1.35 bits per heavy atom. The highest BCUT2D eigenvalue weighted by Crippen LogP contribution is 2.44. The van der Waals surface area contributed by atoms with E-state index in [1.165, 1.54) is 6.42 Å². The minimum Gasteiger partial charge on any atom is -0.381 e. The number of aromatic nitrogens is 1. The lowest BCUT2D eigenvalue weighted by molar-refractivity contribution is 0.0906. The summed E-state index contributed by atoms with van der Waals surface area (Å²) in [6, 6.07) is 0.237. The van der Waals surface area contributed by atoms with Gasteiger partial charge in [0.15, 0.2) is 0 Å². The molecule has 0 radical (unpaired) electrons. The molecule has 4 N–H and O–H groups in total. The third kappa shape index (κ3) is 2.54. The molecule has 1 aliphatic heterocycles. The average Bonchev–Trinajstić information content (AvgIpc) is 2.97. The van der Waals surface area contributed by atoms with Crippen LogP contribution in [0, 0.1) is 11.8 Å². The maximum atomic E-state index is 13.9. The monoisotopic (exact) mass is 318 g/mol. The summed E-state index contributed by atoms with van der Waals surface area (Å²) >= 11 is 0. The van der Waals surface area contributed by atoms with Gasteiger partial charge in [0.2, 0.25) is 0 Å². The van der Waals surface area contributed by atoms with Crippen LogP contribution in [0.1, 0.15) is 48.0 Å². The Labute approximate surface area is 135 Å². The number of hydrogen-bond donors (Lipinski definition) is 3. The molecule has 2 saturated carbocycles. The van der Waals surface area contributed by atoms with Crippen molar-refractivity contribution in [3.8, 4) is 0 Å². The van der Waals surface area contributed by atoms with Gasteiger partial charge >= 0.3 is 0 Å². The number of pyridine rings is 1. The van der Waals surface area contributed by atoms with Gasteiger partial charge in [-0.2, -0.15) is 0 Å². The third-order valence-corrected chi connectivity index (χ3v) is 5.71. The van der Waals surface area contributed by atoms with E-state index < -0.39 is 12.1 Å². The zero-order valence-electron chi connectivity index (χ0n) is 13.1. The minimum atomic E-state index is -0.677. The predicted octanol–water partition coefficient (Wildman–Crippen LogP) is 2.48. The van der Waals surface area contributed by atoms with E-state index in [2.05, 4.69) is 15.6 Å². The van der Waals surface area contributed by atoms with Crippen LogP contribution in [0.3, 0.4) is 0 Å². The van der Waals surface area contributed by atoms with Crippen LogP contribution in [-0.4, -0.2) is 29.6 Å². The minimum absolute atomic E-state index is 0.237. The number of halogens is 1. The number of rotatable bonds is 3. The fourth-order valence-corrected chi connectivity index (χ4v) is 4.68. The standard InChI is InChI=1S/C17H23FN4O/c18-11-6-9-2-1-3-10(7-11)14(9)22-15-12-4-5-20-17(12)21-8-13(15)16(19)23/h8-11,14H,1-7H2,(H2,19,23)(H2,20,21,22)/t9-,10+,11?,14-. The van der Waals surface area contributed by atoms with E-state index in [4.69, 9.17) is 5.73 Å². The van der Waals surface area contributed by atoms with Crippen LogP contribution in [0.15, 0.2) is 6.20 Å². The van der Waals surface area contributed by atoms with Crippen LogP contribution in [0.25, 0.3) is 0 Å². The summed E-state index contributed by atoms with van der Waals surface area (Å²) < 4.78 is 13.9. The van der Waals surface area contributed by atoms with Crippen LogP contribution in [-0.2, 0) is 6.42 Å². The lowest BCUT2D eigenvalue weighted by atomic mass is 9.67. The largest absolute Gasteiger partial charge is 0.381 e. The van der Waals surface area contributed by atoms with Gasteiger partial charge in [-0.3, -0.25) is 4.79 Å². The topological polar surface area (TPSA) is 80.0 Å². The molecule has 1 aromatic heterocycles. The zero-order valence-corrected chi connectivity index (χ0v) is 13.1. The second kappa shape index (κ2) is 5.65. The first kappa shape index (κ1) is 14.7. The lowest BCUT2D eigenvalue weighted by Gasteiger charge is -2.45. The fraction of sp³-hybridized carbons (Fsp3) is 0.647. The van der Waals surface area contributed by atoms with Crippen LogP contribution in [0.4, 0.5) is 15.9 Å². The Balaban J connectivity index is 1.68. The molecular weight excluding hydrogens is 295 g/mol. The van der Waals surface area contributed by atoms with Crippen LogP contribution in [0.5, 0.6) is 0 Å². The number of carbonyl (C=O) groups is 1. The van der Waals surface area contributed by atoms with E-state index >= 15 is 0 Å². The second-order valence-electron chi connectivity index (χ2n) is 7.10. The van der Waals surface area contributed by atoms with Gasteiger partial charge in [-0.15, -0.1) is 0 Å². The number of amides is 1. The maximum absolute atomic E-state index is 13.9. The molecule has 0 aromatic carbocycles. The van der Waals surface area contributed by atoms with E-state index in [1.54, 1.807) is 6.20 Å². The van der Waals surface area contributed by atoms with Gasteiger partial charge in [0, 0.05) is 24.3 Å². The van der Waals surface area contributed by atoms with E-state index in [9.17, 15) is 9.18 Å². The molecule has 4 rings (SSSR count). The molecule has 6 heteroatoms. The molecule has 0 spiro atoms. The summed E-state index contributed by atoms with van der Waals surface area (Å²) in [7, 11) is 0. The van der Waals surface area contributed by atoms with Gasteiger partial charge in [0.25, 0.3) is 5.91 Å². The van der Waals surface area contributed by atoms with E-state index in [0.29, 0.717) is 30.2 Å². The van der Waals surface area contributed by atoms with E-state index in [-0.39, 0.29) is 6.04 Å². The number of alkyl halides is 1. The number of nitrogens with one attached hydrogen (secondary N) is 2. The molecule has 23 heavy (non-hydrogen) atoms. The predicted molar refractivity (Wildman–Crippen MR) is 87.3 cm³/mol. The normalized spacial score (nSPS) is 32.0. The van der Waals surface area contributed by atoms with Gasteiger partial charge in [0.05, 0.1) is 11.3 Å². The summed E-state index contributed by atoms with van der Waals surface area (Å²) in [5.41, 5.74) is 7.87. The summed E-state index contributed by atoms with van der Waals surface area (Å²) in [6.07, 6.45) is 6.27. The van der Waals surface area contributed by atoms with Gasteiger partial charge < -0.3 is 16.4 Å². The number of anilines is 2. The van der Waals surface area contributed by atoms with Crippen LogP contribution in [0.2, 0.25) is 0 Å². The summed E-state index contributed by atoms with van der Waals surface area (Å²) in [5, 5.41) is 6.84. The first-order chi connectivity index (χ1) is 11.1. The molecule has 2 heterocycles. The fourth-order valence-electron chi connectivity index (χ4n) is 4.68. The molecular formula is C17H23FN4O. The Morgan fingerprint density at radius 3 is 2.78 bits per heavy atom. The van der Waals surface area contributed by atoms with Crippen LogP contribution >= 0.6 is 0 Å². The van der Waals surface area contributed by atoms with Crippen molar-refractivity contribution < 1.29 is 9.18 Å². The smallest absolute Gasteiger partial charge is 0.252 e. The molecule has 1 amide bonds. The second-order valence-corrected chi connectivity index (χ2v) is 7.10. The third-order valence-electron chi connectivity index (χ3n) is 5.71. The number of hydrogen-bond acceptors (Lipinski definition) is 4. The zero-order chi connectivity index (χ0) is 16.0. The summed E-state index contributed by atoms with van der Waals surface area (Å²) in [6.45, 7) is 0.823. The molecule has 124 valence electrons. The van der Waals surface area contributed by atoms with Crippen molar-refractivity contribution in [3.05, 3.63) is 17.3 Å². The van der Waals surface area contributed by atoms with Gasteiger partial charge in [-0.1, -0.05) is 6.42 Å². The highest BCUT2D eigenvalue weighted by atomic mass is 19.1. The molecule has 1 aromatic rings. The van der Waals surface area contributed by atoms with Crippen molar-refractivity contribution in [1.82, 2.24) is 4.98 Å². The number of nitrogens with zero attached hydrogens (tertiary/aromatic N) is 1. The quantitative estimate of drug-likeness (QED) is 0.800. The number of carbonyl (C=O) groups excluding carboxylic acids is 1. The summed E-state index contributed by atoms with van der Waals surface area (Å²) in [5.74, 6) is 1.06. The molecule has 1 unspecified atom stereocenters. The van der Waals surface area contributed by atoms with Crippen molar-refractivity contribution >= 4 is 17.4 Å². The van der Waals surface area contributed by atoms with Crippen molar-refractivity contribution in [2.45, 2.75) is 50.7 Å². The molecule has 2 bridgehead atoms. The first-order valence-electron chi connectivity index (χ1n) is 8.59. The molecule has 2 aliphatic carbocycles. The van der Waals surface area contributed by atoms with Crippen LogP contribution < -0.4 is 16.4 Å². The molecule has 5 nitrogen and oxygen atoms in total. The van der Waals surface area contributed by atoms with Crippen molar-refractivity contribution in [3.63, 3.8) is 0 Å². The lowest BCUT2D eigenvalue weighted by Crippen LogP contribution is -2.46. The highest BCUT2D eigenvalue weighted by Gasteiger charge is 2.41. The Bertz CT molecular complexity index is 621. The van der Waals surface area contributed by atoms with Gasteiger partial charge in [0.1, 0.15) is 12.0 Å². The maximum Gasteiger partial charge on any atom is 0.252 e. The Morgan fingerprint density at radius 2 is 2.09 bits per heavy atom. The number of nitrogens with two attached hydrogens (primary N) is 1. The van der Waals surface area contributed by atoms with Gasteiger partial charge in [-0.05, 0) is 43.9 Å². The van der Waals surface area contributed by atoms with Crippen molar-refractivity contribution in [1.29, 1.82) is 0 Å². The summed E-state index contributed by atoms with van der Waals surface area (Å²) in [4.78, 5) is 16.1. The Hall–Kier alpha value is -1.85. The highest BCUT2D eigenvalue weighted by molar-refractivity contribution is 6.00. The SMILES string of the molecule is NC(=O)c1cnc2c(c1N[C@@H]1[C@@H]3CCC[C@H]1CC(F)C3)CCN2. The average molecular weight is 318 g/mol. The van der Waals surface area contributed by atoms with Crippen molar-refractivity contribution in [2.24, 2.45) is 17.6 Å². The van der Waals surface area contributed by atoms with E-state index in [0.717, 1.165) is 42.9 Å². The number of fused-ring (bicyclic) bond motifs is 3. The molecule has 4 atom stereocenters. The number of primary amides is 1. The Kier molecular flexibility index (Phi) is 3.62. The van der Waals surface area contributed by atoms with Gasteiger partial charge in [-0.25, -0.2) is 9.37 Å². The van der Waals surface area contributed by atoms with E-state index in [1.807, 2.05) is 0 Å². The first-order valence-corrected chi connectivity index (χ1v) is 8.59. The van der Waals surface area contributed by atoms with Crippen molar-refractivity contribution in [2.75, 3.05) is 17.2 Å².